The molecule has 2 aromatic heterocycles. The van der Waals surface area contributed by atoms with Gasteiger partial charge in [0.2, 0.25) is 5.91 Å². The van der Waals surface area contributed by atoms with Crippen molar-refractivity contribution in [3.05, 3.63) is 22.3 Å². The van der Waals surface area contributed by atoms with Gasteiger partial charge in [-0.2, -0.15) is 5.10 Å². The third kappa shape index (κ3) is 3.14. The molecule has 8 heteroatoms. The van der Waals surface area contributed by atoms with E-state index in [1.165, 1.54) is 11.3 Å². The minimum absolute atomic E-state index is 0.0558. The number of carbonyl (C=O) groups excluding carboxylic acids is 1. The van der Waals surface area contributed by atoms with Gasteiger partial charge in [-0.05, 0) is 37.0 Å². The number of aromatic amines is 1. The molecular weight excluding hydrogens is 296 g/mol. The number of rotatable bonds is 6. The fraction of sp³-hybridized carbons (Fsp3) is 0.417. The molecule has 2 rings (SSSR count). The third-order valence-electron chi connectivity index (χ3n) is 2.85. The summed E-state index contributed by atoms with van der Waals surface area (Å²) in [5, 5.41) is 20.4. The van der Waals surface area contributed by atoms with Crippen molar-refractivity contribution in [2.45, 2.75) is 19.4 Å². The minimum atomic E-state index is -0.461. The molecule has 0 unspecified atom stereocenters. The Kier molecular flexibility index (Phi) is 5.05. The number of amides is 1. The van der Waals surface area contributed by atoms with Crippen LogP contribution in [0.5, 0.6) is 0 Å². The van der Waals surface area contributed by atoms with Crippen LogP contribution in [-0.4, -0.2) is 38.9 Å². The van der Waals surface area contributed by atoms with Crippen molar-refractivity contribution in [2.75, 3.05) is 13.2 Å². The standard InChI is InChI=1S/C12H16N4O2S2/c1-8(11(18)13-5-3-6-17)16-10(14-15-12(16)19)9-4-2-7-20-9/h2,4,7-8,17H,3,5-6H2,1H3,(H,13,18)(H,15,19)/t8-/m1/s1. The molecule has 108 valence electrons. The second-order valence-electron chi connectivity index (χ2n) is 4.24. The molecule has 1 amide bonds. The highest BCUT2D eigenvalue weighted by atomic mass is 32.1. The second-order valence-corrected chi connectivity index (χ2v) is 5.58. The average molecular weight is 312 g/mol. The van der Waals surface area contributed by atoms with Gasteiger partial charge in [0, 0.05) is 13.2 Å². The lowest BCUT2D eigenvalue weighted by atomic mass is 10.3. The number of nitrogens with zero attached hydrogens (tertiary/aromatic N) is 2. The maximum absolute atomic E-state index is 12.1. The van der Waals surface area contributed by atoms with Gasteiger partial charge < -0.3 is 10.4 Å². The van der Waals surface area contributed by atoms with Gasteiger partial charge in [0.15, 0.2) is 10.6 Å². The quantitative estimate of drug-likeness (QED) is 0.560. The van der Waals surface area contributed by atoms with Gasteiger partial charge in [-0.1, -0.05) is 6.07 Å². The highest BCUT2D eigenvalue weighted by Gasteiger charge is 2.20. The Bertz CT molecular complexity index is 618. The van der Waals surface area contributed by atoms with E-state index in [-0.39, 0.29) is 12.5 Å². The molecule has 6 nitrogen and oxygen atoms in total. The molecule has 0 bridgehead atoms. The molecular formula is C12H16N4O2S2. The molecule has 0 fully saturated rings. The maximum Gasteiger partial charge on any atom is 0.242 e. The van der Waals surface area contributed by atoms with E-state index < -0.39 is 6.04 Å². The number of nitrogens with one attached hydrogen (secondary N) is 2. The van der Waals surface area contributed by atoms with Crippen LogP contribution in [0.2, 0.25) is 0 Å². The summed E-state index contributed by atoms with van der Waals surface area (Å²) < 4.78 is 2.12. The number of H-pyrrole nitrogens is 1. The first-order valence-electron chi connectivity index (χ1n) is 6.24. The number of aliphatic hydroxyl groups excluding tert-OH is 1. The van der Waals surface area contributed by atoms with Gasteiger partial charge in [-0.3, -0.25) is 14.5 Å². The number of aromatic nitrogens is 3. The summed E-state index contributed by atoms with van der Waals surface area (Å²) in [6, 6.07) is 3.40. The SMILES string of the molecule is C[C@H](C(=O)NCCCO)n1c(-c2cccs2)n[nH]c1=S. The Hall–Kier alpha value is -1.51. The van der Waals surface area contributed by atoms with Gasteiger partial charge in [0.25, 0.3) is 0 Å². The van der Waals surface area contributed by atoms with E-state index >= 15 is 0 Å². The second kappa shape index (κ2) is 6.78. The van der Waals surface area contributed by atoms with Crippen molar-refractivity contribution in [1.29, 1.82) is 0 Å². The summed E-state index contributed by atoms with van der Waals surface area (Å²) in [6.45, 7) is 2.27. The lowest BCUT2D eigenvalue weighted by Gasteiger charge is -2.14. The van der Waals surface area contributed by atoms with Crippen molar-refractivity contribution in [1.82, 2.24) is 20.1 Å². The Morgan fingerprint density at radius 2 is 2.50 bits per heavy atom. The van der Waals surface area contributed by atoms with Crippen LogP contribution < -0.4 is 5.32 Å². The number of aliphatic hydroxyl groups is 1. The van der Waals surface area contributed by atoms with Crippen LogP contribution in [-0.2, 0) is 4.79 Å². The van der Waals surface area contributed by atoms with Crippen molar-refractivity contribution in [2.24, 2.45) is 0 Å². The monoisotopic (exact) mass is 312 g/mol. The van der Waals surface area contributed by atoms with E-state index in [0.717, 1.165) is 4.88 Å². The Morgan fingerprint density at radius 1 is 1.70 bits per heavy atom. The lowest BCUT2D eigenvalue weighted by Crippen LogP contribution is -2.32. The van der Waals surface area contributed by atoms with Crippen LogP contribution >= 0.6 is 23.6 Å². The minimum Gasteiger partial charge on any atom is -0.396 e. The average Bonchev–Trinajstić information content (AvgIpc) is 3.07. The van der Waals surface area contributed by atoms with Gasteiger partial charge >= 0.3 is 0 Å². The van der Waals surface area contributed by atoms with E-state index in [0.29, 0.717) is 23.6 Å². The topological polar surface area (TPSA) is 82.9 Å². The number of carbonyl (C=O) groups is 1. The van der Waals surface area contributed by atoms with Gasteiger partial charge in [0.05, 0.1) is 4.88 Å². The molecule has 0 aliphatic heterocycles. The molecule has 0 aliphatic rings. The molecule has 0 saturated heterocycles. The van der Waals surface area contributed by atoms with Crippen LogP contribution in [0, 0.1) is 4.77 Å². The molecule has 3 N–H and O–H groups in total. The van der Waals surface area contributed by atoms with E-state index in [1.807, 2.05) is 17.5 Å². The smallest absolute Gasteiger partial charge is 0.242 e. The van der Waals surface area contributed by atoms with Gasteiger partial charge in [0.1, 0.15) is 6.04 Å². The molecule has 2 heterocycles. The molecule has 0 saturated carbocycles. The van der Waals surface area contributed by atoms with Gasteiger partial charge in [-0.25, -0.2) is 0 Å². The molecule has 2 aromatic rings. The first-order valence-corrected chi connectivity index (χ1v) is 7.53. The summed E-state index contributed by atoms with van der Waals surface area (Å²) in [6.07, 6.45) is 0.535. The van der Waals surface area contributed by atoms with E-state index in [1.54, 1.807) is 11.5 Å². The zero-order valence-corrected chi connectivity index (χ0v) is 12.6. The predicted molar refractivity (Wildman–Crippen MR) is 80.1 cm³/mol. The molecule has 0 aromatic carbocycles. The molecule has 0 spiro atoms. The first kappa shape index (κ1) is 14.9. The zero-order chi connectivity index (χ0) is 14.5. The Labute approximate surface area is 125 Å². The van der Waals surface area contributed by atoms with Crippen LogP contribution in [0.1, 0.15) is 19.4 Å². The molecule has 20 heavy (non-hydrogen) atoms. The molecule has 0 radical (unpaired) electrons. The summed E-state index contributed by atoms with van der Waals surface area (Å²) >= 11 is 6.75. The number of hydrogen-bond acceptors (Lipinski definition) is 5. The highest BCUT2D eigenvalue weighted by molar-refractivity contribution is 7.71. The van der Waals surface area contributed by atoms with Crippen LogP contribution in [0.15, 0.2) is 17.5 Å². The van der Waals surface area contributed by atoms with Crippen LogP contribution in [0.25, 0.3) is 10.7 Å². The molecule has 1 atom stereocenters. The lowest BCUT2D eigenvalue weighted by molar-refractivity contribution is -0.123. The van der Waals surface area contributed by atoms with Crippen molar-refractivity contribution < 1.29 is 9.90 Å². The largest absolute Gasteiger partial charge is 0.396 e. The molecule has 0 aliphatic carbocycles. The third-order valence-corrected chi connectivity index (χ3v) is 4.00. The van der Waals surface area contributed by atoms with E-state index in [9.17, 15) is 4.79 Å². The number of hydrogen-bond donors (Lipinski definition) is 3. The first-order chi connectivity index (χ1) is 9.65. The summed E-state index contributed by atoms with van der Waals surface area (Å²) in [4.78, 5) is 13.0. The normalized spacial score (nSPS) is 12.3. The van der Waals surface area contributed by atoms with E-state index in [4.69, 9.17) is 17.3 Å². The van der Waals surface area contributed by atoms with Crippen LogP contribution in [0.3, 0.4) is 0 Å². The highest BCUT2D eigenvalue weighted by Crippen LogP contribution is 2.25. The summed E-state index contributed by atoms with van der Waals surface area (Å²) in [5.41, 5.74) is 0. The maximum atomic E-state index is 12.1. The number of thiophene rings is 1. The van der Waals surface area contributed by atoms with Gasteiger partial charge in [-0.15, -0.1) is 11.3 Å². The zero-order valence-electron chi connectivity index (χ0n) is 11.0. The van der Waals surface area contributed by atoms with Crippen molar-refractivity contribution in [3.8, 4) is 10.7 Å². The fourth-order valence-electron chi connectivity index (χ4n) is 1.80. The van der Waals surface area contributed by atoms with Crippen LogP contribution in [0.4, 0.5) is 0 Å². The Morgan fingerprint density at radius 3 is 3.15 bits per heavy atom. The summed E-state index contributed by atoms with van der Waals surface area (Å²) in [5.74, 6) is 0.517. The van der Waals surface area contributed by atoms with Crippen molar-refractivity contribution >= 4 is 29.5 Å². The van der Waals surface area contributed by atoms with E-state index in [2.05, 4.69) is 15.5 Å². The predicted octanol–water partition coefficient (Wildman–Crippen LogP) is 1.73. The van der Waals surface area contributed by atoms with Crippen molar-refractivity contribution in [3.63, 3.8) is 0 Å². The fourth-order valence-corrected chi connectivity index (χ4v) is 2.80. The Balaban J connectivity index is 2.22. The summed E-state index contributed by atoms with van der Waals surface area (Å²) in [7, 11) is 0.